The van der Waals surface area contributed by atoms with Crippen LogP contribution in [0, 0.1) is 5.82 Å². The number of nitrogens with one attached hydrogen (secondary N) is 1. The van der Waals surface area contributed by atoms with Crippen LogP contribution in [-0.4, -0.2) is 37.3 Å². The van der Waals surface area contributed by atoms with E-state index in [0.29, 0.717) is 30.1 Å². The second-order valence-corrected chi connectivity index (χ2v) is 8.16. The van der Waals surface area contributed by atoms with E-state index in [0.717, 1.165) is 12.3 Å². The molecule has 0 unspecified atom stereocenters. The maximum atomic E-state index is 13.5. The fourth-order valence-electron chi connectivity index (χ4n) is 2.22. The number of rotatable bonds is 11. The Bertz CT molecular complexity index is 747. The maximum Gasteiger partial charge on any atom is 0.233 e. The molecule has 4 nitrogen and oxygen atoms in total. The third kappa shape index (κ3) is 8.60. The number of carbonyl (C=O) groups is 1. The minimum atomic E-state index is -0.232. The van der Waals surface area contributed by atoms with Gasteiger partial charge in [0.25, 0.3) is 0 Å². The molecule has 0 bridgehead atoms. The highest BCUT2D eigenvalue weighted by Crippen LogP contribution is 2.22. The molecule has 7 heteroatoms. The molecule has 1 amide bonds. The molecule has 1 N–H and O–H groups in total. The summed E-state index contributed by atoms with van der Waals surface area (Å²) in [6.07, 6.45) is 4.22. The quantitative estimate of drug-likeness (QED) is 0.564. The molecule has 1 heterocycles. The number of carbonyl (C=O) groups excluding carboxylic acids is 1. The molecule has 2 aromatic rings. The minimum absolute atomic E-state index is 0.0975. The molecule has 1 aromatic carbocycles. The molecule has 0 aliphatic heterocycles. The summed E-state index contributed by atoms with van der Waals surface area (Å²) < 4.78 is 19.2. The van der Waals surface area contributed by atoms with Crippen LogP contribution in [0.2, 0.25) is 0 Å². The van der Waals surface area contributed by atoms with Crippen molar-refractivity contribution in [2.45, 2.75) is 18.7 Å². The molecule has 0 saturated carbocycles. The molecule has 0 spiro atoms. The number of nitrogens with zero attached hydrogens (tertiary/aromatic N) is 1. The molecule has 27 heavy (non-hydrogen) atoms. The molecular formula is C20H25FN2O2S2. The van der Waals surface area contributed by atoms with Gasteiger partial charge in [-0.3, -0.25) is 4.79 Å². The third-order valence-corrected chi connectivity index (χ3v) is 5.35. The fourth-order valence-corrected chi connectivity index (χ4v) is 3.97. The first-order valence-corrected chi connectivity index (χ1v) is 10.7. The van der Waals surface area contributed by atoms with E-state index in [-0.39, 0.29) is 11.7 Å². The van der Waals surface area contributed by atoms with E-state index < -0.39 is 0 Å². The van der Waals surface area contributed by atoms with Gasteiger partial charge in [-0.25, -0.2) is 4.39 Å². The van der Waals surface area contributed by atoms with E-state index in [4.69, 9.17) is 4.74 Å². The first kappa shape index (κ1) is 21.5. The number of thiophene rings is 1. The molecule has 0 fully saturated rings. The molecule has 2 rings (SSSR count). The van der Waals surface area contributed by atoms with Crippen LogP contribution < -0.4 is 10.1 Å². The zero-order valence-electron chi connectivity index (χ0n) is 15.6. The summed E-state index contributed by atoms with van der Waals surface area (Å²) in [7, 11) is 4.08. The van der Waals surface area contributed by atoms with Gasteiger partial charge in [0.05, 0.1) is 12.4 Å². The van der Waals surface area contributed by atoms with Crippen LogP contribution in [0.1, 0.15) is 16.9 Å². The Hall–Kier alpha value is -1.83. The third-order valence-electron chi connectivity index (χ3n) is 3.47. The van der Waals surface area contributed by atoms with Gasteiger partial charge in [0.15, 0.2) is 0 Å². The van der Waals surface area contributed by atoms with Crippen LogP contribution in [0.5, 0.6) is 5.75 Å². The fraction of sp³-hybridized carbons (Fsp3) is 0.350. The Labute approximate surface area is 168 Å². The van der Waals surface area contributed by atoms with Crippen LogP contribution in [0.15, 0.2) is 48.0 Å². The van der Waals surface area contributed by atoms with Gasteiger partial charge in [0, 0.05) is 29.0 Å². The molecule has 0 saturated heterocycles. The maximum absolute atomic E-state index is 13.5. The summed E-state index contributed by atoms with van der Waals surface area (Å²) in [4.78, 5) is 15.1. The van der Waals surface area contributed by atoms with Crippen molar-refractivity contribution in [3.63, 3.8) is 0 Å². The monoisotopic (exact) mass is 408 g/mol. The SMILES string of the molecule is CN(C)Cc1cc(OCC/C=C\NC(=O)CSCc2ccccc2F)cs1. The average Bonchev–Trinajstić information content (AvgIpc) is 3.06. The Balaban J connectivity index is 1.55. The van der Waals surface area contributed by atoms with E-state index in [9.17, 15) is 9.18 Å². The minimum Gasteiger partial charge on any atom is -0.492 e. The largest absolute Gasteiger partial charge is 0.492 e. The van der Waals surface area contributed by atoms with E-state index in [2.05, 4.69) is 16.3 Å². The Morgan fingerprint density at radius 3 is 2.96 bits per heavy atom. The molecular weight excluding hydrogens is 383 g/mol. The summed E-state index contributed by atoms with van der Waals surface area (Å²) in [5.74, 6) is 1.33. The lowest BCUT2D eigenvalue weighted by atomic mass is 10.2. The predicted molar refractivity (Wildman–Crippen MR) is 112 cm³/mol. The lowest BCUT2D eigenvalue weighted by Gasteiger charge is -2.06. The van der Waals surface area contributed by atoms with Gasteiger partial charge < -0.3 is 15.0 Å². The van der Waals surface area contributed by atoms with Crippen LogP contribution in [0.3, 0.4) is 0 Å². The lowest BCUT2D eigenvalue weighted by Crippen LogP contribution is -2.19. The van der Waals surface area contributed by atoms with E-state index in [1.807, 2.05) is 25.6 Å². The summed E-state index contributed by atoms with van der Waals surface area (Å²) in [6, 6.07) is 8.68. The molecule has 146 valence electrons. The van der Waals surface area contributed by atoms with Crippen molar-refractivity contribution >= 4 is 29.0 Å². The smallest absolute Gasteiger partial charge is 0.233 e. The summed E-state index contributed by atoms with van der Waals surface area (Å²) in [5, 5.41) is 4.73. The number of hydrogen-bond acceptors (Lipinski definition) is 5. The zero-order chi connectivity index (χ0) is 19.5. The standard InChI is InChI=1S/C20H25FN2O2S2/c1-23(2)12-18-11-17(14-27-18)25-10-6-5-9-22-20(24)15-26-13-16-7-3-4-8-19(16)21/h3-5,7-9,11,14H,6,10,12-13,15H2,1-2H3,(H,22,24)/b9-5-. The van der Waals surface area contributed by atoms with Crippen molar-refractivity contribution in [2.24, 2.45) is 0 Å². The van der Waals surface area contributed by atoms with Crippen LogP contribution >= 0.6 is 23.1 Å². The number of amides is 1. The van der Waals surface area contributed by atoms with Gasteiger partial charge in [-0.15, -0.1) is 23.1 Å². The van der Waals surface area contributed by atoms with Gasteiger partial charge in [-0.2, -0.15) is 0 Å². The van der Waals surface area contributed by atoms with Crippen molar-refractivity contribution in [3.05, 3.63) is 64.2 Å². The number of benzene rings is 1. The van der Waals surface area contributed by atoms with Gasteiger partial charge in [-0.05, 0) is 38.0 Å². The Kier molecular flexibility index (Phi) is 9.38. The van der Waals surface area contributed by atoms with Crippen LogP contribution in [-0.2, 0) is 17.1 Å². The second-order valence-electron chi connectivity index (χ2n) is 6.18. The van der Waals surface area contributed by atoms with Crippen LogP contribution in [0.4, 0.5) is 4.39 Å². The Morgan fingerprint density at radius 1 is 1.37 bits per heavy atom. The van der Waals surface area contributed by atoms with Crippen molar-refractivity contribution in [1.29, 1.82) is 0 Å². The summed E-state index contributed by atoms with van der Waals surface area (Å²) in [6.45, 7) is 1.47. The Morgan fingerprint density at radius 2 is 2.19 bits per heavy atom. The summed E-state index contributed by atoms with van der Waals surface area (Å²) >= 11 is 3.08. The van der Waals surface area contributed by atoms with E-state index >= 15 is 0 Å². The van der Waals surface area contributed by atoms with Crippen molar-refractivity contribution in [1.82, 2.24) is 10.2 Å². The highest BCUT2D eigenvalue weighted by molar-refractivity contribution is 7.99. The first-order chi connectivity index (χ1) is 13.0. The highest BCUT2D eigenvalue weighted by atomic mass is 32.2. The number of ether oxygens (including phenoxy) is 1. The number of thioether (sulfide) groups is 1. The molecule has 1 aromatic heterocycles. The van der Waals surface area contributed by atoms with E-state index in [1.54, 1.807) is 35.7 Å². The highest BCUT2D eigenvalue weighted by Gasteiger charge is 2.04. The first-order valence-electron chi connectivity index (χ1n) is 8.65. The van der Waals surface area contributed by atoms with Crippen molar-refractivity contribution in [3.8, 4) is 5.75 Å². The van der Waals surface area contributed by atoms with E-state index in [1.165, 1.54) is 22.7 Å². The molecule has 0 atom stereocenters. The zero-order valence-corrected chi connectivity index (χ0v) is 17.2. The number of hydrogen-bond donors (Lipinski definition) is 1. The van der Waals surface area contributed by atoms with Crippen molar-refractivity contribution < 1.29 is 13.9 Å². The lowest BCUT2D eigenvalue weighted by molar-refractivity contribution is -0.117. The number of halogens is 1. The average molecular weight is 409 g/mol. The van der Waals surface area contributed by atoms with Gasteiger partial charge in [-0.1, -0.05) is 24.3 Å². The molecule has 0 radical (unpaired) electrons. The molecule has 0 aliphatic rings. The van der Waals surface area contributed by atoms with Gasteiger partial charge >= 0.3 is 0 Å². The van der Waals surface area contributed by atoms with Gasteiger partial charge in [0.2, 0.25) is 5.91 Å². The summed E-state index contributed by atoms with van der Waals surface area (Å²) in [5.41, 5.74) is 0.616. The van der Waals surface area contributed by atoms with Crippen molar-refractivity contribution in [2.75, 3.05) is 26.5 Å². The van der Waals surface area contributed by atoms with Crippen LogP contribution in [0.25, 0.3) is 0 Å². The van der Waals surface area contributed by atoms with Gasteiger partial charge in [0.1, 0.15) is 11.6 Å². The predicted octanol–water partition coefficient (Wildman–Crippen LogP) is 4.28. The normalized spacial score (nSPS) is 11.3. The molecule has 0 aliphatic carbocycles. The topological polar surface area (TPSA) is 41.6 Å². The second kappa shape index (κ2) is 11.8.